The van der Waals surface area contributed by atoms with Crippen molar-refractivity contribution in [3.8, 4) is 23.0 Å². The van der Waals surface area contributed by atoms with Crippen LogP contribution < -0.4 is 18.9 Å². The van der Waals surface area contributed by atoms with Crippen LogP contribution in [-0.4, -0.2) is 32.8 Å². The van der Waals surface area contributed by atoms with Crippen molar-refractivity contribution in [1.29, 1.82) is 0 Å². The first-order valence-electron chi connectivity index (χ1n) is 7.84. The first kappa shape index (κ1) is 23.8. The van der Waals surface area contributed by atoms with Crippen LogP contribution in [0.2, 0.25) is 0 Å². The molecular weight excluding hydrogens is 458 g/mol. The SMILES string of the molecule is COc1cc([CH-]c2[c-]cn3c(C)c(OC)ccc23)cc(OC)c1OC.[V].[Y]. The summed E-state index contributed by atoms with van der Waals surface area (Å²) < 4.78 is 23.6. The van der Waals surface area contributed by atoms with Gasteiger partial charge in [0.25, 0.3) is 0 Å². The number of nitrogens with zero attached hydrogens (tertiary/aromatic N) is 1. The van der Waals surface area contributed by atoms with Crippen molar-refractivity contribution >= 4 is 5.52 Å². The van der Waals surface area contributed by atoms with E-state index < -0.39 is 0 Å². The standard InChI is InChI=1S/C20H21NO4.V.Y/c1-13-17(22-2)7-6-16-15(8-9-21(13)16)10-14-11-18(23-3)20(25-5)19(12-14)24-4;;/h6-7,9-12H,1-5H3;;/q-2;;. The van der Waals surface area contributed by atoms with Crippen LogP contribution in [0, 0.1) is 19.4 Å². The third-order valence-electron chi connectivity index (χ3n) is 4.21. The van der Waals surface area contributed by atoms with E-state index >= 15 is 0 Å². The number of benzene rings is 1. The maximum absolute atomic E-state index is 5.42. The van der Waals surface area contributed by atoms with Gasteiger partial charge in [-0.2, -0.15) is 6.07 Å². The Morgan fingerprint density at radius 3 is 2.00 bits per heavy atom. The van der Waals surface area contributed by atoms with Gasteiger partial charge in [-0.1, -0.05) is 11.7 Å². The number of aromatic nitrogens is 1. The Kier molecular flexibility index (Phi) is 9.10. The molecule has 0 amide bonds. The summed E-state index contributed by atoms with van der Waals surface area (Å²) >= 11 is 0. The normalized spacial score (nSPS) is 9.81. The van der Waals surface area contributed by atoms with Crippen LogP contribution >= 0.6 is 0 Å². The van der Waals surface area contributed by atoms with Crippen LogP contribution in [-0.2, 0) is 51.3 Å². The summed E-state index contributed by atoms with van der Waals surface area (Å²) in [7, 11) is 6.48. The van der Waals surface area contributed by atoms with Crippen molar-refractivity contribution in [3.63, 3.8) is 0 Å². The Hall–Kier alpha value is -1.26. The van der Waals surface area contributed by atoms with Gasteiger partial charge in [0.05, 0.1) is 39.9 Å². The smallest absolute Gasteiger partial charge is 0.172 e. The molecule has 5 nitrogen and oxygen atoms in total. The second-order valence-corrected chi connectivity index (χ2v) is 5.53. The third kappa shape index (κ3) is 4.60. The zero-order valence-corrected chi connectivity index (χ0v) is 20.3. The largest absolute Gasteiger partial charge is 0.508 e. The molecule has 0 atom stereocenters. The van der Waals surface area contributed by atoms with E-state index in [1.807, 2.05) is 43.8 Å². The van der Waals surface area contributed by atoms with E-state index in [-0.39, 0.29) is 51.3 Å². The molecule has 0 unspecified atom stereocenters. The second-order valence-electron chi connectivity index (χ2n) is 5.53. The zero-order chi connectivity index (χ0) is 18.0. The number of pyridine rings is 1. The molecule has 27 heavy (non-hydrogen) atoms. The average Bonchev–Trinajstić information content (AvgIpc) is 3.04. The van der Waals surface area contributed by atoms with Crippen LogP contribution in [0.3, 0.4) is 0 Å². The van der Waals surface area contributed by atoms with Gasteiger partial charge in [0.1, 0.15) is 5.75 Å². The number of methoxy groups -OCH3 is 4. The first-order chi connectivity index (χ1) is 12.1. The van der Waals surface area contributed by atoms with Crippen molar-refractivity contribution in [3.05, 3.63) is 59.8 Å². The van der Waals surface area contributed by atoms with Crippen LogP contribution in [0.15, 0.2) is 30.5 Å². The fraction of sp³-hybridized carbons (Fsp3) is 0.250. The Bertz CT molecular complexity index is 885. The van der Waals surface area contributed by atoms with Crippen molar-refractivity contribution in [2.24, 2.45) is 0 Å². The van der Waals surface area contributed by atoms with E-state index in [4.69, 9.17) is 18.9 Å². The predicted molar refractivity (Wildman–Crippen MR) is 96.1 cm³/mol. The topological polar surface area (TPSA) is 41.3 Å². The third-order valence-corrected chi connectivity index (χ3v) is 4.21. The molecule has 3 rings (SSSR count). The minimum Gasteiger partial charge on any atom is -0.508 e. The van der Waals surface area contributed by atoms with Gasteiger partial charge in [0, 0.05) is 57.0 Å². The maximum atomic E-state index is 5.42. The molecular formula is C20H21NO4VY-2. The Balaban J connectivity index is 0.00000182. The van der Waals surface area contributed by atoms with Crippen molar-refractivity contribution < 1.29 is 70.2 Å². The molecule has 140 valence electrons. The van der Waals surface area contributed by atoms with Gasteiger partial charge in [0.2, 0.25) is 0 Å². The molecule has 2 aromatic heterocycles. The fourth-order valence-corrected chi connectivity index (χ4v) is 2.93. The minimum atomic E-state index is 0. The van der Waals surface area contributed by atoms with E-state index in [2.05, 4.69) is 10.5 Å². The van der Waals surface area contributed by atoms with Crippen LogP contribution in [0.1, 0.15) is 16.8 Å². The van der Waals surface area contributed by atoms with E-state index in [9.17, 15) is 0 Å². The summed E-state index contributed by atoms with van der Waals surface area (Å²) in [5.74, 6) is 2.66. The van der Waals surface area contributed by atoms with Gasteiger partial charge in [-0.3, -0.25) is 0 Å². The molecule has 0 bridgehead atoms. The molecule has 0 spiro atoms. The molecule has 2 heterocycles. The van der Waals surface area contributed by atoms with Crippen LogP contribution in [0.5, 0.6) is 23.0 Å². The van der Waals surface area contributed by atoms with Crippen LogP contribution in [0.25, 0.3) is 5.52 Å². The van der Waals surface area contributed by atoms with Gasteiger partial charge < -0.3 is 23.3 Å². The van der Waals surface area contributed by atoms with Crippen molar-refractivity contribution in [2.75, 3.05) is 28.4 Å². The Morgan fingerprint density at radius 1 is 0.889 bits per heavy atom. The van der Waals surface area contributed by atoms with Gasteiger partial charge >= 0.3 is 0 Å². The van der Waals surface area contributed by atoms with Crippen molar-refractivity contribution in [1.82, 2.24) is 4.40 Å². The fourth-order valence-electron chi connectivity index (χ4n) is 2.93. The number of aryl methyl sites for hydroxylation is 1. The molecule has 0 aliphatic rings. The summed E-state index contributed by atoms with van der Waals surface area (Å²) in [6.07, 6.45) is 3.95. The molecule has 0 aliphatic carbocycles. The molecule has 0 N–H and O–H groups in total. The van der Waals surface area contributed by atoms with Crippen LogP contribution in [0.4, 0.5) is 0 Å². The average molecular weight is 479 g/mol. The summed E-state index contributed by atoms with van der Waals surface area (Å²) in [6, 6.07) is 11.1. The van der Waals surface area contributed by atoms with Crippen molar-refractivity contribution in [2.45, 2.75) is 6.92 Å². The first-order valence-corrected chi connectivity index (χ1v) is 7.84. The number of fused-ring (bicyclic) bond motifs is 1. The van der Waals surface area contributed by atoms with Gasteiger partial charge in [0.15, 0.2) is 5.75 Å². The summed E-state index contributed by atoms with van der Waals surface area (Å²) in [4.78, 5) is 0. The van der Waals surface area contributed by atoms with Gasteiger partial charge in [-0.05, 0) is 13.0 Å². The molecule has 0 aliphatic heterocycles. The van der Waals surface area contributed by atoms with Gasteiger partial charge in [-0.25, -0.2) is 17.5 Å². The monoisotopic (exact) mass is 479 g/mol. The number of hydrogen-bond donors (Lipinski definition) is 0. The summed E-state index contributed by atoms with van der Waals surface area (Å²) in [6.45, 7) is 2.02. The Morgan fingerprint density at radius 2 is 1.48 bits per heavy atom. The molecule has 2 radical (unpaired) electrons. The quantitative estimate of drug-likeness (QED) is 0.507. The van der Waals surface area contributed by atoms with E-state index in [0.717, 1.165) is 28.1 Å². The molecule has 0 saturated heterocycles. The number of rotatable bonds is 6. The number of ether oxygens (including phenoxy) is 4. The molecule has 3 aromatic rings. The molecule has 7 heteroatoms. The van der Waals surface area contributed by atoms with E-state index in [1.165, 1.54) is 0 Å². The Labute approximate surface area is 197 Å². The number of hydrogen-bond acceptors (Lipinski definition) is 4. The molecule has 1 aromatic carbocycles. The minimum absolute atomic E-state index is 0. The summed E-state index contributed by atoms with van der Waals surface area (Å²) in [5.41, 5.74) is 3.99. The zero-order valence-electron chi connectivity index (χ0n) is 16.1. The van der Waals surface area contributed by atoms with E-state index in [1.54, 1.807) is 28.4 Å². The maximum Gasteiger partial charge on any atom is 0.172 e. The molecule has 0 fully saturated rings. The van der Waals surface area contributed by atoms with Gasteiger partial charge in [-0.15, -0.1) is 18.2 Å². The predicted octanol–water partition coefficient (Wildman–Crippen LogP) is 3.68. The van der Waals surface area contributed by atoms with E-state index in [0.29, 0.717) is 17.2 Å². The summed E-state index contributed by atoms with van der Waals surface area (Å²) in [5, 5.41) is 0. The molecule has 0 saturated carbocycles. The second kappa shape index (κ2) is 10.3.